The van der Waals surface area contributed by atoms with Crippen molar-refractivity contribution in [1.82, 2.24) is 0 Å². The summed E-state index contributed by atoms with van der Waals surface area (Å²) >= 11 is 0. The molecule has 0 radical (unpaired) electrons. The van der Waals surface area contributed by atoms with Crippen LogP contribution in [-0.4, -0.2) is 12.3 Å². The van der Waals surface area contributed by atoms with Crippen LogP contribution in [0.4, 0.5) is 5.69 Å². The molecule has 0 unspecified atom stereocenters. The number of aryl methyl sites for hydroxylation is 3. The van der Waals surface area contributed by atoms with Crippen LogP contribution in [0.1, 0.15) is 60.6 Å². The third kappa shape index (κ3) is 4.80. The molecule has 0 aromatic heterocycles. The fraction of sp³-hybridized carbons (Fsp3) is 0.480. The first-order valence-electron chi connectivity index (χ1n) is 10.1. The number of benzene rings is 2. The molecule has 1 aliphatic rings. The quantitative estimate of drug-likeness (QED) is 0.692. The number of Topliss-reactive ketones (excluding diaryl/α,β-unsaturated/α-hetero) is 1. The van der Waals surface area contributed by atoms with Crippen LogP contribution >= 0.6 is 0 Å². The first-order chi connectivity index (χ1) is 12.6. The highest BCUT2D eigenvalue weighted by Gasteiger charge is 2.20. The van der Waals surface area contributed by atoms with Gasteiger partial charge in [0.2, 0.25) is 0 Å². The van der Waals surface area contributed by atoms with Gasteiger partial charge in [-0.15, -0.1) is 0 Å². The largest absolute Gasteiger partial charge is 0.367 e. The summed E-state index contributed by atoms with van der Waals surface area (Å²) in [5, 5.41) is 0. The Morgan fingerprint density at radius 2 is 1.67 bits per heavy atom. The van der Waals surface area contributed by atoms with E-state index >= 15 is 0 Å². The molecule has 2 nitrogen and oxygen atoms in total. The van der Waals surface area contributed by atoms with Crippen molar-refractivity contribution in [3.05, 3.63) is 63.7 Å². The number of hydrogen-bond acceptors (Lipinski definition) is 2. The zero-order valence-electron chi connectivity index (χ0n) is 17.8. The lowest BCUT2D eigenvalue weighted by atomic mass is 9.86. The summed E-state index contributed by atoms with van der Waals surface area (Å²) in [5.41, 5.74) is 9.28. The first-order valence-corrected chi connectivity index (χ1v) is 10.1. The van der Waals surface area contributed by atoms with E-state index in [2.05, 4.69) is 76.8 Å². The SMILES string of the molecule is Cc1ccc2c(c1)CN(c1cc(C)c(CC(=O)CC(C)(C)C)c(C)c1)CC2. The highest BCUT2D eigenvalue weighted by molar-refractivity contribution is 5.82. The molecule has 0 atom stereocenters. The van der Waals surface area contributed by atoms with Crippen LogP contribution in [0.15, 0.2) is 30.3 Å². The lowest BCUT2D eigenvalue weighted by Gasteiger charge is -2.32. The molecule has 3 rings (SSSR count). The van der Waals surface area contributed by atoms with Gasteiger partial charge in [0.25, 0.3) is 0 Å². The van der Waals surface area contributed by atoms with E-state index in [0.29, 0.717) is 18.6 Å². The number of nitrogens with zero attached hydrogens (tertiary/aromatic N) is 1. The predicted octanol–water partition coefficient (Wildman–Crippen LogP) is 5.72. The summed E-state index contributed by atoms with van der Waals surface area (Å²) in [4.78, 5) is 15.0. The summed E-state index contributed by atoms with van der Waals surface area (Å²) in [6, 6.07) is 11.4. The number of anilines is 1. The standard InChI is InChI=1S/C25H33NO/c1-17-7-8-20-9-10-26(16-21(20)11-17)22-12-18(2)24(19(3)13-22)14-23(27)15-25(4,5)6/h7-8,11-13H,9-10,14-16H2,1-6H3. The molecule has 0 fully saturated rings. The van der Waals surface area contributed by atoms with Crippen LogP contribution in [0.25, 0.3) is 0 Å². The number of fused-ring (bicyclic) bond motifs is 1. The topological polar surface area (TPSA) is 20.3 Å². The summed E-state index contributed by atoms with van der Waals surface area (Å²) in [6.45, 7) is 14.9. The van der Waals surface area contributed by atoms with Gasteiger partial charge < -0.3 is 4.90 Å². The average Bonchev–Trinajstić information content (AvgIpc) is 2.55. The van der Waals surface area contributed by atoms with E-state index in [1.807, 2.05) is 0 Å². The number of carbonyl (C=O) groups is 1. The van der Waals surface area contributed by atoms with Crippen molar-refractivity contribution in [2.45, 2.75) is 67.3 Å². The Morgan fingerprint density at radius 1 is 1.00 bits per heavy atom. The number of carbonyl (C=O) groups excluding carboxylic acids is 1. The number of hydrogen-bond donors (Lipinski definition) is 0. The Kier molecular flexibility index (Phi) is 5.46. The molecule has 144 valence electrons. The molecule has 1 heterocycles. The van der Waals surface area contributed by atoms with Crippen molar-refractivity contribution in [2.24, 2.45) is 5.41 Å². The molecule has 27 heavy (non-hydrogen) atoms. The van der Waals surface area contributed by atoms with Crippen LogP contribution in [0.5, 0.6) is 0 Å². The third-order valence-electron chi connectivity index (χ3n) is 5.52. The molecule has 0 spiro atoms. The van der Waals surface area contributed by atoms with Gasteiger partial charge in [0.15, 0.2) is 0 Å². The average molecular weight is 364 g/mol. The van der Waals surface area contributed by atoms with E-state index in [1.165, 1.54) is 39.1 Å². The lowest BCUT2D eigenvalue weighted by molar-refractivity contribution is -0.120. The summed E-state index contributed by atoms with van der Waals surface area (Å²) in [6.07, 6.45) is 2.28. The molecule has 0 aliphatic carbocycles. The molecular weight excluding hydrogens is 330 g/mol. The predicted molar refractivity (Wildman–Crippen MR) is 115 cm³/mol. The van der Waals surface area contributed by atoms with Crippen molar-refractivity contribution in [1.29, 1.82) is 0 Å². The minimum Gasteiger partial charge on any atom is -0.367 e. The Bertz CT molecular complexity index is 834. The minimum absolute atomic E-state index is 0.0537. The maximum atomic E-state index is 12.5. The van der Waals surface area contributed by atoms with Crippen molar-refractivity contribution < 1.29 is 4.79 Å². The summed E-state index contributed by atoms with van der Waals surface area (Å²) in [5.74, 6) is 0.337. The van der Waals surface area contributed by atoms with Crippen molar-refractivity contribution in [3.63, 3.8) is 0 Å². The maximum absolute atomic E-state index is 12.5. The molecule has 0 amide bonds. The normalized spacial score (nSPS) is 14.2. The van der Waals surface area contributed by atoms with E-state index in [9.17, 15) is 4.79 Å². The van der Waals surface area contributed by atoms with Crippen LogP contribution in [0, 0.1) is 26.2 Å². The highest BCUT2D eigenvalue weighted by Crippen LogP contribution is 2.29. The van der Waals surface area contributed by atoms with Crippen molar-refractivity contribution in [2.75, 3.05) is 11.4 Å². The van der Waals surface area contributed by atoms with Gasteiger partial charge in [0.1, 0.15) is 5.78 Å². The van der Waals surface area contributed by atoms with Crippen molar-refractivity contribution >= 4 is 11.5 Å². The van der Waals surface area contributed by atoms with E-state index in [4.69, 9.17) is 0 Å². The first kappa shape index (κ1) is 19.7. The monoisotopic (exact) mass is 363 g/mol. The van der Waals surface area contributed by atoms with Crippen LogP contribution in [0.2, 0.25) is 0 Å². The van der Waals surface area contributed by atoms with Crippen molar-refractivity contribution in [3.8, 4) is 0 Å². The summed E-state index contributed by atoms with van der Waals surface area (Å²) in [7, 11) is 0. The Morgan fingerprint density at radius 3 is 2.30 bits per heavy atom. The molecule has 1 aliphatic heterocycles. The molecular formula is C25H33NO. The fourth-order valence-electron chi connectivity index (χ4n) is 4.19. The van der Waals surface area contributed by atoms with Crippen LogP contribution in [-0.2, 0) is 24.2 Å². The van der Waals surface area contributed by atoms with Gasteiger partial charge in [0, 0.05) is 31.6 Å². The minimum atomic E-state index is 0.0537. The molecule has 0 N–H and O–H groups in total. The van der Waals surface area contributed by atoms with Crippen LogP contribution < -0.4 is 4.90 Å². The molecule has 2 heteroatoms. The zero-order valence-corrected chi connectivity index (χ0v) is 17.8. The number of ketones is 1. The molecule has 0 bridgehead atoms. The smallest absolute Gasteiger partial charge is 0.137 e. The van der Waals surface area contributed by atoms with Gasteiger partial charge in [-0.05, 0) is 72.6 Å². The van der Waals surface area contributed by atoms with Gasteiger partial charge in [-0.25, -0.2) is 0 Å². The van der Waals surface area contributed by atoms with E-state index in [-0.39, 0.29) is 5.41 Å². The highest BCUT2D eigenvalue weighted by atomic mass is 16.1. The van der Waals surface area contributed by atoms with Gasteiger partial charge >= 0.3 is 0 Å². The number of rotatable bonds is 4. The molecule has 0 saturated heterocycles. The molecule has 0 saturated carbocycles. The molecule has 2 aromatic carbocycles. The Labute approximate surface area is 164 Å². The van der Waals surface area contributed by atoms with Gasteiger partial charge in [0.05, 0.1) is 0 Å². The van der Waals surface area contributed by atoms with Crippen LogP contribution in [0.3, 0.4) is 0 Å². The van der Waals surface area contributed by atoms with E-state index < -0.39 is 0 Å². The van der Waals surface area contributed by atoms with Gasteiger partial charge in [-0.1, -0.05) is 44.5 Å². The van der Waals surface area contributed by atoms with E-state index in [1.54, 1.807) is 0 Å². The zero-order chi connectivity index (χ0) is 19.8. The molecule has 2 aromatic rings. The second-order valence-corrected chi connectivity index (χ2v) is 9.45. The Balaban J connectivity index is 1.80. The van der Waals surface area contributed by atoms with E-state index in [0.717, 1.165) is 19.5 Å². The second-order valence-electron chi connectivity index (χ2n) is 9.45. The Hall–Kier alpha value is -2.09. The lowest BCUT2D eigenvalue weighted by Crippen LogP contribution is -2.30. The fourth-order valence-corrected chi connectivity index (χ4v) is 4.19. The third-order valence-corrected chi connectivity index (χ3v) is 5.52. The summed E-state index contributed by atoms with van der Waals surface area (Å²) < 4.78 is 0. The maximum Gasteiger partial charge on any atom is 0.137 e. The second kappa shape index (κ2) is 7.50. The van der Waals surface area contributed by atoms with Gasteiger partial charge in [-0.2, -0.15) is 0 Å². The van der Waals surface area contributed by atoms with Gasteiger partial charge in [-0.3, -0.25) is 4.79 Å².